The number of aromatic nitrogens is 4. The molecule has 6 atom stereocenters. The molecule has 0 aliphatic carbocycles. The Balaban J connectivity index is 1.62. The molecule has 0 spiro atoms. The average Bonchev–Trinajstić information content (AvgIpc) is 3.35. The van der Waals surface area contributed by atoms with Crippen molar-refractivity contribution >= 4 is 35.2 Å². The number of nitrogens with two attached hydrogens (primary N) is 1. The molecule has 3 heterocycles. The van der Waals surface area contributed by atoms with Gasteiger partial charge in [0.1, 0.15) is 35.5 Å². The number of carbonyl (C=O) groups excluding carboxylic acids is 1. The van der Waals surface area contributed by atoms with Crippen molar-refractivity contribution in [2.45, 2.75) is 43.6 Å². The first-order chi connectivity index (χ1) is 16.2. The van der Waals surface area contributed by atoms with Crippen molar-refractivity contribution in [3.8, 4) is 23.7 Å². The Morgan fingerprint density at radius 1 is 1.35 bits per heavy atom. The summed E-state index contributed by atoms with van der Waals surface area (Å²) in [6.07, 6.45) is -4.01. The van der Waals surface area contributed by atoms with Gasteiger partial charge in [0.25, 0.3) is 0 Å². The second-order valence-electron chi connectivity index (χ2n) is 7.41. The molecule has 14 heteroatoms. The lowest BCUT2D eigenvalue weighted by Gasteiger charge is -2.17. The van der Waals surface area contributed by atoms with Gasteiger partial charge in [-0.3, -0.25) is 9.36 Å². The largest absolute Gasteiger partial charge is 0.394 e. The second kappa shape index (κ2) is 11.4. The predicted octanol–water partition coefficient (Wildman–Crippen LogP) is -2.66. The van der Waals surface area contributed by atoms with Crippen LogP contribution in [-0.2, 0) is 9.53 Å². The van der Waals surface area contributed by atoms with Crippen molar-refractivity contribution in [2.75, 3.05) is 25.0 Å². The van der Waals surface area contributed by atoms with E-state index >= 15 is 0 Å². The minimum Gasteiger partial charge on any atom is -0.394 e. The minimum atomic E-state index is -1.28. The molecule has 3 unspecified atom stereocenters. The summed E-state index contributed by atoms with van der Waals surface area (Å²) in [4.78, 5) is 23.0. The topological polar surface area (TPSA) is 204 Å². The second-order valence-corrected chi connectivity index (χ2v) is 7.80. The van der Waals surface area contributed by atoms with Gasteiger partial charge in [0, 0.05) is 0 Å². The predicted molar refractivity (Wildman–Crippen MR) is 122 cm³/mol. The fourth-order valence-electron chi connectivity index (χ4n) is 3.10. The summed E-state index contributed by atoms with van der Waals surface area (Å²) in [5.41, 5.74) is 6.26. The molecule has 1 fully saturated rings. The van der Waals surface area contributed by atoms with E-state index in [2.05, 4.69) is 49.3 Å². The number of hydrogen-bond donors (Lipinski definition) is 8. The molecule has 2 aromatic heterocycles. The van der Waals surface area contributed by atoms with E-state index in [9.17, 15) is 25.2 Å². The summed E-state index contributed by atoms with van der Waals surface area (Å²) in [6, 6.07) is -1.02. The third kappa shape index (κ3) is 5.69. The molecule has 0 aromatic carbocycles. The van der Waals surface area contributed by atoms with Crippen LogP contribution in [0.4, 0.5) is 5.95 Å². The van der Waals surface area contributed by atoms with Gasteiger partial charge in [0.15, 0.2) is 10.9 Å². The van der Waals surface area contributed by atoms with Crippen LogP contribution in [-0.4, -0.2) is 96.0 Å². The number of aliphatic hydroxyl groups excluding tert-OH is 4. The summed E-state index contributed by atoms with van der Waals surface area (Å²) in [5, 5.41) is 44.3. The number of nitrogens with one attached hydrogen (secondary N) is 3. The average molecular weight is 492 g/mol. The number of aromatic amines is 1. The summed E-state index contributed by atoms with van der Waals surface area (Å²) in [6.45, 7) is 1.18. The van der Waals surface area contributed by atoms with Gasteiger partial charge in [-0.05, 0) is 18.8 Å². The Morgan fingerprint density at radius 3 is 2.71 bits per heavy atom. The zero-order chi connectivity index (χ0) is 24.8. The van der Waals surface area contributed by atoms with Crippen molar-refractivity contribution in [3.05, 3.63) is 11.0 Å². The first kappa shape index (κ1) is 25.5. The van der Waals surface area contributed by atoms with Crippen LogP contribution < -0.4 is 16.4 Å². The van der Waals surface area contributed by atoms with Crippen molar-refractivity contribution in [2.24, 2.45) is 5.73 Å². The standard InChI is InChI=1S/C20H25N7O6S/c1-10(29)12(21)17(32)22-6-4-2-3-5-7-23-20-25-16-13(18(34)26-20)24-9-27(16)19-15(31)14(30)11(8-28)33-19/h9-12,14-15,19,28-31H,6-8,21H2,1H3,(H,22,32)(H2,23,25,26,34)/t10?,11-,12?,14+,15?,19-/m1/s1. The smallest absolute Gasteiger partial charge is 0.240 e. The molecule has 0 saturated carbocycles. The fraction of sp³-hybridized carbons (Fsp3) is 0.500. The van der Waals surface area contributed by atoms with Crippen LogP contribution in [0.5, 0.6) is 0 Å². The number of carbonyl (C=O) groups is 1. The molecule has 0 radical (unpaired) electrons. The molecule has 9 N–H and O–H groups in total. The van der Waals surface area contributed by atoms with Gasteiger partial charge < -0.3 is 46.5 Å². The molecule has 0 bridgehead atoms. The van der Waals surface area contributed by atoms with Gasteiger partial charge >= 0.3 is 0 Å². The van der Waals surface area contributed by atoms with Crippen LogP contribution >= 0.6 is 12.2 Å². The van der Waals surface area contributed by atoms with E-state index in [0.717, 1.165) is 0 Å². The lowest BCUT2D eigenvalue weighted by Crippen LogP contribution is -2.47. The fourth-order valence-corrected chi connectivity index (χ4v) is 3.34. The summed E-state index contributed by atoms with van der Waals surface area (Å²) >= 11 is 5.28. The number of imidazole rings is 1. The van der Waals surface area contributed by atoms with Crippen molar-refractivity contribution in [1.82, 2.24) is 24.8 Å². The Morgan fingerprint density at radius 2 is 2.06 bits per heavy atom. The third-order valence-electron chi connectivity index (χ3n) is 4.99. The number of hydrogen-bond acceptors (Lipinski definition) is 11. The Hall–Kier alpha value is -3.08. The van der Waals surface area contributed by atoms with Gasteiger partial charge in [-0.1, -0.05) is 24.1 Å². The van der Waals surface area contributed by atoms with Crippen LogP contribution in [0.2, 0.25) is 0 Å². The molecule has 1 saturated heterocycles. The molecule has 3 rings (SSSR count). The Bertz CT molecular complexity index is 1210. The maximum absolute atomic E-state index is 11.6. The highest BCUT2D eigenvalue weighted by molar-refractivity contribution is 7.71. The van der Waals surface area contributed by atoms with Gasteiger partial charge in [0.05, 0.1) is 32.1 Å². The Kier molecular flexibility index (Phi) is 8.54. The zero-order valence-corrected chi connectivity index (χ0v) is 18.9. The van der Waals surface area contributed by atoms with Crippen LogP contribution in [0, 0.1) is 28.3 Å². The van der Waals surface area contributed by atoms with E-state index < -0.39 is 49.2 Å². The Labute approximate surface area is 199 Å². The van der Waals surface area contributed by atoms with E-state index in [0.29, 0.717) is 11.2 Å². The molecule has 1 aliphatic heterocycles. The number of rotatable bonds is 7. The summed E-state index contributed by atoms with van der Waals surface area (Å²) in [5.74, 6) is 10.4. The quantitative estimate of drug-likeness (QED) is 0.148. The molecule has 1 aliphatic rings. The maximum Gasteiger partial charge on any atom is 0.240 e. The first-order valence-corrected chi connectivity index (χ1v) is 10.7. The minimum absolute atomic E-state index is 0.0393. The van der Waals surface area contributed by atoms with E-state index in [1.54, 1.807) is 0 Å². The summed E-state index contributed by atoms with van der Waals surface area (Å²) in [7, 11) is 0. The van der Waals surface area contributed by atoms with Crippen LogP contribution in [0.15, 0.2) is 6.33 Å². The van der Waals surface area contributed by atoms with Crippen molar-refractivity contribution < 1.29 is 30.0 Å². The van der Waals surface area contributed by atoms with Crippen molar-refractivity contribution in [1.29, 1.82) is 0 Å². The maximum atomic E-state index is 11.6. The summed E-state index contributed by atoms with van der Waals surface area (Å²) < 4.78 is 7.21. The molecule has 1 amide bonds. The molecular weight excluding hydrogens is 466 g/mol. The van der Waals surface area contributed by atoms with Gasteiger partial charge in [-0.2, -0.15) is 0 Å². The normalized spacial score (nSPS) is 23.4. The number of aliphatic hydroxyl groups is 4. The van der Waals surface area contributed by atoms with E-state index in [1.165, 1.54) is 17.8 Å². The highest BCUT2D eigenvalue weighted by atomic mass is 32.1. The van der Waals surface area contributed by atoms with Gasteiger partial charge in [0.2, 0.25) is 11.9 Å². The number of nitrogens with zero attached hydrogens (tertiary/aromatic N) is 3. The lowest BCUT2D eigenvalue weighted by atomic mass is 10.1. The van der Waals surface area contributed by atoms with Crippen molar-refractivity contribution in [3.63, 3.8) is 0 Å². The molecule has 182 valence electrons. The highest BCUT2D eigenvalue weighted by Gasteiger charge is 2.43. The monoisotopic (exact) mass is 491 g/mol. The molecule has 2 aromatic rings. The van der Waals surface area contributed by atoms with E-state index in [-0.39, 0.29) is 23.7 Å². The number of fused-ring (bicyclic) bond motifs is 1. The molecule has 34 heavy (non-hydrogen) atoms. The number of H-pyrrole nitrogens is 1. The van der Waals surface area contributed by atoms with Crippen LogP contribution in [0.1, 0.15) is 13.2 Å². The van der Waals surface area contributed by atoms with Crippen LogP contribution in [0.25, 0.3) is 11.2 Å². The molecule has 13 nitrogen and oxygen atoms in total. The SMILES string of the molecule is CC(O)C(N)C(=O)NCC#CC#CCNc1nc(=S)c2ncn([C@@H]3O[C@H](CO)[C@H](O)C3O)c2[nH]1. The highest BCUT2D eigenvalue weighted by Crippen LogP contribution is 2.31. The van der Waals surface area contributed by atoms with E-state index in [4.69, 9.17) is 22.7 Å². The molecular formula is C20H25N7O6S. The number of ether oxygens (including phenoxy) is 1. The number of amides is 1. The first-order valence-electron chi connectivity index (χ1n) is 10.2. The van der Waals surface area contributed by atoms with Gasteiger partial charge in [-0.25, -0.2) is 9.97 Å². The lowest BCUT2D eigenvalue weighted by molar-refractivity contribution is -0.124. The van der Waals surface area contributed by atoms with Gasteiger partial charge in [-0.15, -0.1) is 0 Å². The zero-order valence-electron chi connectivity index (χ0n) is 18.1. The van der Waals surface area contributed by atoms with E-state index in [1.807, 2.05) is 0 Å². The third-order valence-corrected chi connectivity index (χ3v) is 5.28. The number of anilines is 1. The van der Waals surface area contributed by atoms with Crippen LogP contribution in [0.3, 0.4) is 0 Å².